The molecular formula is C21H31NO. The maximum atomic E-state index is 11.0. The topological polar surface area (TPSA) is 29.4 Å². The van der Waals surface area contributed by atoms with E-state index in [0.717, 1.165) is 29.9 Å². The second kappa shape index (κ2) is 5.29. The summed E-state index contributed by atoms with van der Waals surface area (Å²) in [6.07, 6.45) is 14.8. The van der Waals surface area contributed by atoms with E-state index in [4.69, 9.17) is 0 Å². The highest BCUT2D eigenvalue weighted by atomic mass is 16.3. The molecule has 2 heteroatoms. The first-order valence-corrected chi connectivity index (χ1v) is 9.76. The van der Waals surface area contributed by atoms with E-state index in [1.807, 2.05) is 0 Å². The van der Waals surface area contributed by atoms with E-state index in [0.29, 0.717) is 16.7 Å². The average molecular weight is 313 g/mol. The first-order chi connectivity index (χ1) is 11.0. The predicted molar refractivity (Wildman–Crippen MR) is 94.7 cm³/mol. The molecule has 0 radical (unpaired) electrons. The van der Waals surface area contributed by atoms with Crippen molar-refractivity contribution in [2.24, 2.45) is 39.7 Å². The smallest absolute Gasteiger partial charge is 0.0812 e. The predicted octanol–water partition coefficient (Wildman–Crippen LogP) is 6.24. The van der Waals surface area contributed by atoms with Gasteiger partial charge < -0.3 is 0 Å². The number of hydrogen-bond donors (Lipinski definition) is 0. The van der Waals surface area contributed by atoms with Crippen LogP contribution in [0, 0.1) is 39.4 Å². The lowest BCUT2D eigenvalue weighted by molar-refractivity contribution is -0.0771. The molecule has 0 aromatic rings. The Balaban J connectivity index is 1.64. The van der Waals surface area contributed by atoms with Gasteiger partial charge in [-0.2, -0.15) is 0 Å². The Morgan fingerprint density at radius 2 is 2.00 bits per heavy atom. The van der Waals surface area contributed by atoms with Crippen molar-refractivity contribution < 1.29 is 0 Å². The summed E-state index contributed by atoms with van der Waals surface area (Å²) in [7, 11) is 0. The summed E-state index contributed by atoms with van der Waals surface area (Å²) < 4.78 is 0. The Labute approximate surface area is 140 Å². The summed E-state index contributed by atoms with van der Waals surface area (Å²) in [6.45, 7) is 7.42. The molecule has 0 spiro atoms. The molecule has 6 unspecified atom stereocenters. The van der Waals surface area contributed by atoms with Crippen LogP contribution in [-0.4, -0.2) is 0 Å². The molecule has 0 amide bonds. The largest absolute Gasteiger partial charge is 0.145 e. The summed E-state index contributed by atoms with van der Waals surface area (Å²) in [5.41, 5.74) is 3.46. The van der Waals surface area contributed by atoms with Crippen molar-refractivity contribution in [1.82, 2.24) is 0 Å². The van der Waals surface area contributed by atoms with Crippen LogP contribution in [0.3, 0.4) is 0 Å². The maximum Gasteiger partial charge on any atom is 0.0812 e. The lowest BCUT2D eigenvalue weighted by Gasteiger charge is -2.59. The van der Waals surface area contributed by atoms with Crippen LogP contribution in [0.5, 0.6) is 0 Å². The van der Waals surface area contributed by atoms with Gasteiger partial charge in [0.1, 0.15) is 0 Å². The van der Waals surface area contributed by atoms with Gasteiger partial charge in [-0.1, -0.05) is 38.5 Å². The molecule has 4 aliphatic carbocycles. The van der Waals surface area contributed by atoms with Gasteiger partial charge in [-0.05, 0) is 91.0 Å². The SMILES string of the molecule is CCC1=CCC2C3CCC4C=C(N=O)CCC4(C)C3CCC12C. The van der Waals surface area contributed by atoms with Gasteiger partial charge in [0.2, 0.25) is 0 Å². The Kier molecular flexibility index (Phi) is 3.59. The van der Waals surface area contributed by atoms with E-state index in [1.165, 1.54) is 44.9 Å². The van der Waals surface area contributed by atoms with Crippen LogP contribution >= 0.6 is 0 Å². The molecule has 2 nitrogen and oxygen atoms in total. The fourth-order valence-electron chi connectivity index (χ4n) is 7.12. The molecule has 0 aromatic heterocycles. The lowest BCUT2D eigenvalue weighted by atomic mass is 9.45. The van der Waals surface area contributed by atoms with Crippen molar-refractivity contribution in [3.63, 3.8) is 0 Å². The van der Waals surface area contributed by atoms with Crippen LogP contribution in [0.1, 0.15) is 72.1 Å². The Bertz CT molecular complexity index is 576. The normalized spacial score (nSPS) is 48.7. The van der Waals surface area contributed by atoms with Gasteiger partial charge in [-0.15, -0.1) is 4.91 Å². The van der Waals surface area contributed by atoms with Crippen molar-refractivity contribution in [3.8, 4) is 0 Å². The Hall–Kier alpha value is -0.920. The second-order valence-electron chi connectivity index (χ2n) is 9.09. The van der Waals surface area contributed by atoms with Crippen molar-refractivity contribution in [1.29, 1.82) is 0 Å². The molecular weight excluding hydrogens is 282 g/mol. The van der Waals surface area contributed by atoms with Gasteiger partial charge in [0, 0.05) is 0 Å². The molecule has 2 fully saturated rings. The van der Waals surface area contributed by atoms with Crippen LogP contribution in [0.2, 0.25) is 0 Å². The van der Waals surface area contributed by atoms with Gasteiger partial charge in [0.05, 0.1) is 5.70 Å². The number of nitroso groups, excluding NO2 is 1. The average Bonchev–Trinajstić information content (AvgIpc) is 2.90. The first kappa shape index (κ1) is 15.6. The van der Waals surface area contributed by atoms with Crippen molar-refractivity contribution >= 4 is 0 Å². The first-order valence-electron chi connectivity index (χ1n) is 9.76. The zero-order chi connectivity index (χ0) is 16.2. The molecule has 4 aliphatic rings. The highest BCUT2D eigenvalue weighted by Gasteiger charge is 2.57. The van der Waals surface area contributed by atoms with Crippen molar-refractivity contribution in [2.75, 3.05) is 0 Å². The highest BCUT2D eigenvalue weighted by Crippen LogP contribution is 2.66. The van der Waals surface area contributed by atoms with E-state index in [1.54, 1.807) is 5.57 Å². The molecule has 0 N–H and O–H groups in total. The molecule has 0 saturated heterocycles. The van der Waals surface area contributed by atoms with Crippen LogP contribution in [0.15, 0.2) is 28.6 Å². The zero-order valence-electron chi connectivity index (χ0n) is 15.0. The number of rotatable bonds is 2. The Morgan fingerprint density at radius 1 is 1.17 bits per heavy atom. The number of allylic oxidation sites excluding steroid dienone is 4. The summed E-state index contributed by atoms with van der Waals surface area (Å²) >= 11 is 0. The molecule has 126 valence electrons. The van der Waals surface area contributed by atoms with E-state index in [9.17, 15) is 4.91 Å². The van der Waals surface area contributed by atoms with Gasteiger partial charge >= 0.3 is 0 Å². The lowest BCUT2D eigenvalue weighted by Crippen LogP contribution is -2.51. The van der Waals surface area contributed by atoms with Crippen molar-refractivity contribution in [3.05, 3.63) is 28.3 Å². The zero-order valence-corrected chi connectivity index (χ0v) is 15.0. The summed E-state index contributed by atoms with van der Waals surface area (Å²) in [6, 6.07) is 0. The van der Waals surface area contributed by atoms with Gasteiger partial charge in [0.15, 0.2) is 0 Å². The van der Waals surface area contributed by atoms with E-state index in [-0.39, 0.29) is 0 Å². The minimum absolute atomic E-state index is 0.410. The van der Waals surface area contributed by atoms with E-state index < -0.39 is 0 Å². The molecule has 23 heavy (non-hydrogen) atoms. The van der Waals surface area contributed by atoms with Crippen LogP contribution < -0.4 is 0 Å². The van der Waals surface area contributed by atoms with Gasteiger partial charge in [-0.25, -0.2) is 0 Å². The monoisotopic (exact) mass is 313 g/mol. The molecule has 0 heterocycles. The van der Waals surface area contributed by atoms with Gasteiger partial charge in [0.25, 0.3) is 0 Å². The van der Waals surface area contributed by atoms with Gasteiger partial charge in [-0.3, -0.25) is 0 Å². The summed E-state index contributed by atoms with van der Waals surface area (Å²) in [4.78, 5) is 11.0. The van der Waals surface area contributed by atoms with Crippen LogP contribution in [0.4, 0.5) is 0 Å². The van der Waals surface area contributed by atoms with Crippen molar-refractivity contribution in [2.45, 2.75) is 72.1 Å². The quantitative estimate of drug-likeness (QED) is 0.438. The number of hydrogen-bond acceptors (Lipinski definition) is 2. The standard InChI is InChI=1S/C21H31NO/c1-4-14-6-8-18-17-7-5-15-13-16(22-23)9-11-21(15,3)19(17)10-12-20(14,18)2/h6,13,15,17-19H,4-5,7-12H2,1-3H3. The molecule has 6 atom stereocenters. The third-order valence-electron chi connectivity index (χ3n) is 8.50. The third-order valence-corrected chi connectivity index (χ3v) is 8.50. The summed E-state index contributed by atoms with van der Waals surface area (Å²) in [5.74, 6) is 3.22. The fourth-order valence-corrected chi connectivity index (χ4v) is 7.12. The molecule has 2 saturated carbocycles. The summed E-state index contributed by atoms with van der Waals surface area (Å²) in [5, 5.41) is 3.26. The van der Waals surface area contributed by atoms with Crippen LogP contribution in [-0.2, 0) is 0 Å². The highest BCUT2D eigenvalue weighted by molar-refractivity contribution is 5.26. The molecule has 0 aliphatic heterocycles. The minimum atomic E-state index is 0.410. The molecule has 0 bridgehead atoms. The number of fused-ring (bicyclic) bond motifs is 5. The van der Waals surface area contributed by atoms with Crippen LogP contribution in [0.25, 0.3) is 0 Å². The number of nitrogens with zero attached hydrogens (tertiary/aromatic N) is 1. The second-order valence-corrected chi connectivity index (χ2v) is 9.09. The van der Waals surface area contributed by atoms with E-state index in [2.05, 4.69) is 38.1 Å². The molecule has 4 rings (SSSR count). The Morgan fingerprint density at radius 3 is 2.74 bits per heavy atom. The fraction of sp³-hybridized carbons (Fsp3) is 0.810. The van der Waals surface area contributed by atoms with E-state index >= 15 is 0 Å². The molecule has 0 aromatic carbocycles. The minimum Gasteiger partial charge on any atom is -0.145 e. The third kappa shape index (κ3) is 2.06. The maximum absolute atomic E-state index is 11.0.